The Hall–Kier alpha value is -2.61. The van der Waals surface area contributed by atoms with Gasteiger partial charge in [-0.25, -0.2) is 9.67 Å². The first-order chi connectivity index (χ1) is 12.1. The highest BCUT2D eigenvalue weighted by Crippen LogP contribution is 2.22. The molecule has 1 amide bonds. The molecule has 2 heterocycles. The summed E-state index contributed by atoms with van der Waals surface area (Å²) in [5, 5.41) is 14.3. The van der Waals surface area contributed by atoms with E-state index in [9.17, 15) is 4.79 Å². The van der Waals surface area contributed by atoms with Crippen LogP contribution in [-0.4, -0.2) is 43.0 Å². The van der Waals surface area contributed by atoms with Crippen molar-refractivity contribution in [3.8, 4) is 0 Å². The van der Waals surface area contributed by atoms with E-state index in [1.54, 1.807) is 23.3 Å². The van der Waals surface area contributed by atoms with Crippen molar-refractivity contribution >= 4 is 17.2 Å². The molecule has 3 aromatic rings. The van der Waals surface area contributed by atoms with E-state index in [0.29, 0.717) is 12.5 Å². The molecular weight excluding hydrogens is 336 g/mol. The van der Waals surface area contributed by atoms with E-state index in [1.807, 2.05) is 35.7 Å². The predicted molar refractivity (Wildman–Crippen MR) is 95.1 cm³/mol. The molecule has 0 unspecified atom stereocenters. The number of rotatable bonds is 6. The minimum absolute atomic E-state index is 0.0856. The second kappa shape index (κ2) is 7.52. The Morgan fingerprint density at radius 3 is 2.64 bits per heavy atom. The molecule has 0 fully saturated rings. The van der Waals surface area contributed by atoms with E-state index in [-0.39, 0.29) is 5.91 Å². The molecule has 0 bridgehead atoms. The summed E-state index contributed by atoms with van der Waals surface area (Å²) in [6, 6.07) is 8.92. The quantitative estimate of drug-likeness (QED) is 0.678. The molecule has 0 N–H and O–H groups in total. The summed E-state index contributed by atoms with van der Waals surface area (Å²) in [6.07, 6.45) is 1.46. The molecule has 2 aromatic heterocycles. The van der Waals surface area contributed by atoms with Crippen LogP contribution in [0.4, 0.5) is 0 Å². The average Bonchev–Trinajstić information content (AvgIpc) is 3.28. The fourth-order valence-corrected chi connectivity index (χ4v) is 3.35. The predicted octanol–water partition coefficient (Wildman–Crippen LogP) is 2.50. The SMILES string of the molecule is CC(C)c1nc(CN(C)C(=O)[C@H](c2ccccc2)n2cnnn2)cs1. The molecular formula is C17H20N6OS. The van der Waals surface area contributed by atoms with Crippen molar-refractivity contribution in [2.75, 3.05) is 7.05 Å². The van der Waals surface area contributed by atoms with E-state index in [1.165, 1.54) is 11.0 Å². The smallest absolute Gasteiger partial charge is 0.252 e. The van der Waals surface area contributed by atoms with Crippen LogP contribution in [0.2, 0.25) is 0 Å². The Labute approximate surface area is 150 Å². The second-order valence-electron chi connectivity index (χ2n) is 6.13. The summed E-state index contributed by atoms with van der Waals surface area (Å²) in [5.41, 5.74) is 1.74. The maximum absolute atomic E-state index is 13.1. The van der Waals surface area contributed by atoms with Gasteiger partial charge in [-0.05, 0) is 16.0 Å². The summed E-state index contributed by atoms with van der Waals surface area (Å²) in [5.74, 6) is 0.302. The molecule has 0 aliphatic heterocycles. The van der Waals surface area contributed by atoms with E-state index < -0.39 is 6.04 Å². The summed E-state index contributed by atoms with van der Waals surface area (Å²) >= 11 is 1.63. The minimum atomic E-state index is -0.593. The van der Waals surface area contributed by atoms with Gasteiger partial charge in [-0.15, -0.1) is 16.4 Å². The first-order valence-electron chi connectivity index (χ1n) is 8.03. The third kappa shape index (κ3) is 3.90. The zero-order valence-electron chi connectivity index (χ0n) is 14.4. The van der Waals surface area contributed by atoms with Crippen LogP contribution < -0.4 is 0 Å². The van der Waals surface area contributed by atoms with Crippen molar-refractivity contribution in [2.24, 2.45) is 0 Å². The molecule has 1 aromatic carbocycles. The number of carbonyl (C=O) groups is 1. The van der Waals surface area contributed by atoms with Crippen molar-refractivity contribution in [3.05, 3.63) is 58.3 Å². The lowest BCUT2D eigenvalue weighted by Crippen LogP contribution is -2.35. The Morgan fingerprint density at radius 2 is 2.04 bits per heavy atom. The highest BCUT2D eigenvalue weighted by molar-refractivity contribution is 7.09. The van der Waals surface area contributed by atoms with Crippen molar-refractivity contribution in [2.45, 2.75) is 32.4 Å². The van der Waals surface area contributed by atoms with Crippen LogP contribution in [0.3, 0.4) is 0 Å². The first-order valence-corrected chi connectivity index (χ1v) is 8.91. The standard InChI is InChI=1S/C17H20N6OS/c1-12(2)16-19-14(10-25-16)9-22(3)17(24)15(23-11-18-20-21-23)13-7-5-4-6-8-13/h4-8,10-12,15H,9H2,1-3H3/t15-/m0/s1. The number of likely N-dealkylation sites (N-methyl/N-ethyl adjacent to an activating group) is 1. The fraction of sp³-hybridized carbons (Fsp3) is 0.353. The van der Waals surface area contributed by atoms with Crippen molar-refractivity contribution in [3.63, 3.8) is 0 Å². The summed E-state index contributed by atoms with van der Waals surface area (Å²) in [7, 11) is 1.77. The number of hydrogen-bond donors (Lipinski definition) is 0. The van der Waals surface area contributed by atoms with Gasteiger partial charge in [-0.2, -0.15) is 0 Å². The Bertz CT molecular complexity index is 815. The highest BCUT2D eigenvalue weighted by Gasteiger charge is 2.27. The topological polar surface area (TPSA) is 76.8 Å². The van der Waals surface area contributed by atoms with Gasteiger partial charge in [0.15, 0.2) is 6.04 Å². The van der Waals surface area contributed by atoms with Gasteiger partial charge in [0.05, 0.1) is 17.2 Å². The Balaban J connectivity index is 1.82. The molecule has 8 heteroatoms. The molecule has 0 radical (unpaired) electrons. The molecule has 0 aliphatic carbocycles. The summed E-state index contributed by atoms with van der Waals surface area (Å²) in [6.45, 7) is 4.68. The van der Waals surface area contributed by atoms with Crippen LogP contribution in [-0.2, 0) is 11.3 Å². The zero-order valence-corrected chi connectivity index (χ0v) is 15.2. The highest BCUT2D eigenvalue weighted by atomic mass is 32.1. The molecule has 0 saturated heterocycles. The zero-order chi connectivity index (χ0) is 17.8. The van der Waals surface area contributed by atoms with Crippen molar-refractivity contribution < 1.29 is 4.79 Å². The summed E-state index contributed by atoms with van der Waals surface area (Å²) in [4.78, 5) is 19.3. The van der Waals surface area contributed by atoms with E-state index in [2.05, 4.69) is 34.4 Å². The summed E-state index contributed by atoms with van der Waals surface area (Å²) < 4.78 is 1.48. The van der Waals surface area contributed by atoms with Gasteiger partial charge < -0.3 is 4.90 Å². The molecule has 1 atom stereocenters. The van der Waals surface area contributed by atoms with Crippen molar-refractivity contribution in [1.29, 1.82) is 0 Å². The molecule has 0 spiro atoms. The molecule has 0 saturated carbocycles. The number of aromatic nitrogens is 5. The monoisotopic (exact) mass is 356 g/mol. The molecule has 25 heavy (non-hydrogen) atoms. The average molecular weight is 356 g/mol. The van der Waals surface area contributed by atoms with E-state index >= 15 is 0 Å². The van der Waals surface area contributed by atoms with Gasteiger partial charge >= 0.3 is 0 Å². The fourth-order valence-electron chi connectivity index (χ4n) is 2.52. The van der Waals surface area contributed by atoms with Crippen LogP contribution in [0.1, 0.15) is 42.1 Å². The van der Waals surface area contributed by atoms with Crippen LogP contribution in [0.25, 0.3) is 0 Å². The van der Waals surface area contributed by atoms with Gasteiger partial charge in [-0.1, -0.05) is 44.2 Å². The van der Waals surface area contributed by atoms with Crippen LogP contribution in [0.15, 0.2) is 42.0 Å². The normalized spacial score (nSPS) is 12.3. The van der Waals surface area contributed by atoms with Gasteiger partial charge in [0, 0.05) is 18.3 Å². The van der Waals surface area contributed by atoms with Gasteiger partial charge in [0.1, 0.15) is 6.33 Å². The number of hydrogen-bond acceptors (Lipinski definition) is 6. The lowest BCUT2D eigenvalue weighted by molar-refractivity contribution is -0.133. The number of thiazole rings is 1. The lowest BCUT2D eigenvalue weighted by Gasteiger charge is -2.23. The first kappa shape index (κ1) is 17.2. The third-order valence-corrected chi connectivity index (χ3v) is 5.01. The third-order valence-electron chi connectivity index (χ3n) is 3.82. The molecule has 3 rings (SSSR count). The van der Waals surface area contributed by atoms with Gasteiger partial charge in [0.2, 0.25) is 0 Å². The molecule has 0 aliphatic rings. The Morgan fingerprint density at radius 1 is 1.28 bits per heavy atom. The van der Waals surface area contributed by atoms with Gasteiger partial charge in [0.25, 0.3) is 5.91 Å². The maximum atomic E-state index is 13.1. The number of carbonyl (C=O) groups excluding carboxylic acids is 1. The van der Waals surface area contributed by atoms with E-state index in [4.69, 9.17) is 0 Å². The van der Waals surface area contributed by atoms with Gasteiger partial charge in [-0.3, -0.25) is 4.79 Å². The number of amides is 1. The second-order valence-corrected chi connectivity index (χ2v) is 7.02. The number of nitrogens with zero attached hydrogens (tertiary/aromatic N) is 6. The minimum Gasteiger partial charge on any atom is -0.338 e. The van der Waals surface area contributed by atoms with Crippen molar-refractivity contribution in [1.82, 2.24) is 30.1 Å². The van der Waals surface area contributed by atoms with E-state index in [0.717, 1.165) is 16.3 Å². The molecule has 130 valence electrons. The maximum Gasteiger partial charge on any atom is 0.252 e. The number of tetrazole rings is 1. The largest absolute Gasteiger partial charge is 0.338 e. The number of benzene rings is 1. The van der Waals surface area contributed by atoms with Crippen LogP contribution in [0, 0.1) is 0 Å². The Kier molecular flexibility index (Phi) is 5.18. The van der Waals surface area contributed by atoms with Crippen LogP contribution in [0.5, 0.6) is 0 Å². The lowest BCUT2D eigenvalue weighted by atomic mass is 10.1. The molecule has 7 nitrogen and oxygen atoms in total. The van der Waals surface area contributed by atoms with Crippen LogP contribution >= 0.6 is 11.3 Å².